The predicted octanol–water partition coefficient (Wildman–Crippen LogP) is 2.51. The van der Waals surface area contributed by atoms with Crippen LogP contribution in [0.3, 0.4) is 0 Å². The van der Waals surface area contributed by atoms with Crippen molar-refractivity contribution in [1.82, 2.24) is 9.99 Å². The van der Waals surface area contributed by atoms with E-state index in [0.29, 0.717) is 16.7 Å². The molecule has 0 spiro atoms. The summed E-state index contributed by atoms with van der Waals surface area (Å²) in [6, 6.07) is 24.9. The third-order valence-electron chi connectivity index (χ3n) is 5.23. The number of fused-ring (bicyclic) bond motifs is 1. The molecule has 1 aromatic heterocycles. The van der Waals surface area contributed by atoms with Crippen molar-refractivity contribution in [3.8, 4) is 0 Å². The molecular weight excluding hydrogens is 404 g/mol. The van der Waals surface area contributed by atoms with Crippen molar-refractivity contribution in [2.75, 3.05) is 0 Å². The Balaban J connectivity index is 1.64. The van der Waals surface area contributed by atoms with Crippen molar-refractivity contribution in [2.45, 2.75) is 12.1 Å². The van der Waals surface area contributed by atoms with Gasteiger partial charge in [0.05, 0.1) is 6.21 Å². The molecule has 0 aliphatic heterocycles. The number of carbonyl (C=O) groups excluding carboxylic acids is 2. The molecule has 0 aliphatic carbocycles. The number of hydrogen-bond donors (Lipinski definition) is 3. The molecule has 0 unspecified atom stereocenters. The molecular formula is C25H22N4O3. The van der Waals surface area contributed by atoms with Crippen LogP contribution in [0.2, 0.25) is 0 Å². The molecule has 0 radical (unpaired) electrons. The van der Waals surface area contributed by atoms with E-state index >= 15 is 0 Å². The van der Waals surface area contributed by atoms with E-state index in [0.717, 1.165) is 10.9 Å². The number of nitrogens with zero attached hydrogens (tertiary/aromatic N) is 2. The second-order valence-corrected chi connectivity index (χ2v) is 7.34. The van der Waals surface area contributed by atoms with Crippen molar-refractivity contribution in [3.05, 3.63) is 108 Å². The first kappa shape index (κ1) is 21.0. The number of amides is 2. The lowest BCUT2D eigenvalue weighted by atomic mass is 9.85. The molecule has 7 heteroatoms. The molecule has 4 N–H and O–H groups in total. The van der Waals surface area contributed by atoms with Crippen molar-refractivity contribution >= 4 is 28.9 Å². The Labute approximate surface area is 184 Å². The fraction of sp³-hybridized carbons (Fsp3) is 0.0800. The summed E-state index contributed by atoms with van der Waals surface area (Å²) >= 11 is 0. The number of hydrogen-bond acceptors (Lipinski definition) is 4. The zero-order valence-corrected chi connectivity index (χ0v) is 17.2. The van der Waals surface area contributed by atoms with Crippen LogP contribution in [0, 0.1) is 0 Å². The zero-order valence-electron chi connectivity index (χ0n) is 17.2. The summed E-state index contributed by atoms with van der Waals surface area (Å²) in [4.78, 5) is 24.5. The highest BCUT2D eigenvalue weighted by Crippen LogP contribution is 2.30. The highest BCUT2D eigenvalue weighted by molar-refractivity contribution is 6.00. The zero-order chi connectivity index (χ0) is 22.6. The molecule has 0 aliphatic rings. The Bertz CT molecular complexity index is 1240. The van der Waals surface area contributed by atoms with Crippen molar-refractivity contribution in [3.63, 3.8) is 0 Å². The molecule has 1 heterocycles. The predicted molar refractivity (Wildman–Crippen MR) is 123 cm³/mol. The summed E-state index contributed by atoms with van der Waals surface area (Å²) in [6.45, 7) is 0.0302. The molecule has 0 saturated heterocycles. The minimum Gasteiger partial charge on any atom is -0.372 e. The van der Waals surface area contributed by atoms with Gasteiger partial charge in [0.2, 0.25) is 5.91 Å². The third-order valence-corrected chi connectivity index (χ3v) is 5.23. The van der Waals surface area contributed by atoms with E-state index in [2.05, 4.69) is 10.5 Å². The summed E-state index contributed by atoms with van der Waals surface area (Å²) in [5.41, 5.74) is 8.27. The van der Waals surface area contributed by atoms with Gasteiger partial charge in [-0.3, -0.25) is 9.59 Å². The second kappa shape index (κ2) is 8.87. The van der Waals surface area contributed by atoms with Crippen molar-refractivity contribution in [2.24, 2.45) is 10.8 Å². The molecule has 0 saturated carbocycles. The van der Waals surface area contributed by atoms with Crippen LogP contribution in [0.1, 0.15) is 16.7 Å². The second-order valence-electron chi connectivity index (χ2n) is 7.34. The van der Waals surface area contributed by atoms with Crippen LogP contribution in [0.15, 0.2) is 96.2 Å². The summed E-state index contributed by atoms with van der Waals surface area (Å²) in [6.07, 6.45) is 3.22. The van der Waals surface area contributed by atoms with E-state index in [1.54, 1.807) is 59.3 Å². The highest BCUT2D eigenvalue weighted by atomic mass is 16.3. The molecule has 2 amide bonds. The number of benzene rings is 3. The first-order valence-electron chi connectivity index (χ1n) is 10.0. The lowest BCUT2D eigenvalue weighted by Gasteiger charge is -2.27. The Morgan fingerprint density at radius 2 is 1.50 bits per heavy atom. The van der Waals surface area contributed by atoms with Crippen LogP contribution >= 0.6 is 0 Å². The van der Waals surface area contributed by atoms with E-state index in [-0.39, 0.29) is 6.54 Å². The smallest absolute Gasteiger partial charge is 0.281 e. The lowest BCUT2D eigenvalue weighted by molar-refractivity contribution is -0.136. The molecule has 0 fully saturated rings. The van der Waals surface area contributed by atoms with Gasteiger partial charge in [-0.05, 0) is 17.2 Å². The maximum absolute atomic E-state index is 13.1. The fourth-order valence-corrected chi connectivity index (χ4v) is 3.71. The number of aromatic nitrogens is 1. The number of nitrogens with two attached hydrogens (primary N) is 1. The summed E-state index contributed by atoms with van der Waals surface area (Å²) in [5, 5.41) is 16.4. The molecule has 4 aromatic rings. The van der Waals surface area contributed by atoms with Crippen LogP contribution < -0.4 is 11.2 Å². The maximum Gasteiger partial charge on any atom is 0.281 e. The van der Waals surface area contributed by atoms with Gasteiger partial charge in [-0.1, -0.05) is 78.9 Å². The van der Waals surface area contributed by atoms with Gasteiger partial charge in [0.25, 0.3) is 5.91 Å². The third kappa shape index (κ3) is 4.01. The number of carbonyl (C=O) groups is 2. The molecule has 0 atom stereocenters. The van der Waals surface area contributed by atoms with Crippen LogP contribution in [0.25, 0.3) is 10.9 Å². The van der Waals surface area contributed by atoms with Crippen LogP contribution in [-0.2, 0) is 21.7 Å². The topological polar surface area (TPSA) is 110 Å². The molecule has 4 rings (SSSR count). The van der Waals surface area contributed by atoms with E-state index in [1.165, 1.54) is 6.21 Å². The first-order valence-corrected chi connectivity index (χ1v) is 10.0. The average molecular weight is 426 g/mol. The lowest BCUT2D eigenvalue weighted by Crippen LogP contribution is -2.43. The standard InChI is InChI=1S/C25H22N4O3/c26-23(30)17-29-16-18(21-13-7-8-14-22(21)29)15-27-28-24(31)25(32,19-9-3-1-4-10-19)20-11-5-2-6-12-20/h1-16,32H,17H2,(H2,26,30)(H,28,31)/b27-15+. The van der Waals surface area contributed by atoms with Gasteiger partial charge in [-0.2, -0.15) is 5.10 Å². The summed E-state index contributed by atoms with van der Waals surface area (Å²) < 4.78 is 1.73. The fourth-order valence-electron chi connectivity index (χ4n) is 3.71. The van der Waals surface area contributed by atoms with Crippen LogP contribution in [0.4, 0.5) is 0 Å². The normalized spacial score (nSPS) is 11.7. The van der Waals surface area contributed by atoms with Gasteiger partial charge >= 0.3 is 0 Å². The minimum atomic E-state index is -1.92. The maximum atomic E-state index is 13.1. The van der Waals surface area contributed by atoms with Gasteiger partial charge in [-0.25, -0.2) is 5.43 Å². The minimum absolute atomic E-state index is 0.0302. The number of hydrazone groups is 1. The van der Waals surface area contributed by atoms with E-state index in [4.69, 9.17) is 5.73 Å². The SMILES string of the molecule is NC(=O)Cn1cc(/C=N/NC(=O)C(O)(c2ccccc2)c2ccccc2)c2ccccc21. The van der Waals surface area contributed by atoms with Crippen molar-refractivity contribution < 1.29 is 14.7 Å². The Hall–Kier alpha value is -4.23. The Morgan fingerprint density at radius 1 is 0.938 bits per heavy atom. The number of nitrogens with one attached hydrogen (secondary N) is 1. The first-order chi connectivity index (χ1) is 15.5. The van der Waals surface area contributed by atoms with Crippen LogP contribution in [-0.4, -0.2) is 27.7 Å². The van der Waals surface area contributed by atoms with Gasteiger partial charge < -0.3 is 15.4 Å². The van der Waals surface area contributed by atoms with Crippen molar-refractivity contribution in [1.29, 1.82) is 0 Å². The molecule has 3 aromatic carbocycles. The van der Waals surface area contributed by atoms with E-state index in [9.17, 15) is 14.7 Å². The summed E-state index contributed by atoms with van der Waals surface area (Å²) in [5.74, 6) is -1.15. The van der Waals surface area contributed by atoms with Gasteiger partial charge in [0.15, 0.2) is 5.60 Å². The molecule has 160 valence electrons. The number of rotatable bonds is 7. The Kier molecular flexibility index (Phi) is 5.83. The van der Waals surface area contributed by atoms with Gasteiger partial charge in [-0.15, -0.1) is 0 Å². The number of aliphatic hydroxyl groups is 1. The quantitative estimate of drug-likeness (QED) is 0.312. The highest BCUT2D eigenvalue weighted by Gasteiger charge is 2.39. The van der Waals surface area contributed by atoms with Crippen LogP contribution in [0.5, 0.6) is 0 Å². The Morgan fingerprint density at radius 3 is 2.09 bits per heavy atom. The van der Waals surface area contributed by atoms with Gasteiger partial charge in [0, 0.05) is 22.7 Å². The largest absolute Gasteiger partial charge is 0.372 e. The average Bonchev–Trinajstić information content (AvgIpc) is 3.16. The van der Waals surface area contributed by atoms with Gasteiger partial charge in [0.1, 0.15) is 6.54 Å². The number of para-hydroxylation sites is 1. The molecule has 32 heavy (non-hydrogen) atoms. The van der Waals surface area contributed by atoms with E-state index in [1.807, 2.05) is 36.4 Å². The number of primary amides is 1. The molecule has 0 bridgehead atoms. The molecule has 7 nitrogen and oxygen atoms in total. The summed E-state index contributed by atoms with van der Waals surface area (Å²) in [7, 11) is 0. The van der Waals surface area contributed by atoms with E-state index < -0.39 is 17.4 Å². The monoisotopic (exact) mass is 426 g/mol.